The second-order valence-corrected chi connectivity index (χ2v) is 6.20. The molecule has 6 heteroatoms. The lowest BCUT2D eigenvalue weighted by Crippen LogP contribution is -2.28. The number of methoxy groups -OCH3 is 1. The van der Waals surface area contributed by atoms with E-state index in [1.54, 1.807) is 31.4 Å². The molecule has 2 aromatic rings. The Labute approximate surface area is 152 Å². The van der Waals surface area contributed by atoms with Crippen LogP contribution < -0.4 is 20.1 Å². The Morgan fingerprint density at radius 2 is 1.85 bits per heavy atom. The van der Waals surface area contributed by atoms with E-state index >= 15 is 0 Å². The molecule has 136 valence electrons. The summed E-state index contributed by atoms with van der Waals surface area (Å²) < 4.78 is 10.6. The molecular formula is C20H22N2O4. The number of nitrogens with one attached hydrogen (secondary N) is 2. The third-order valence-corrected chi connectivity index (χ3v) is 4.06. The highest BCUT2D eigenvalue weighted by Gasteiger charge is 2.29. The highest BCUT2D eigenvalue weighted by molar-refractivity contribution is 5.94. The summed E-state index contributed by atoms with van der Waals surface area (Å²) in [6.07, 6.45) is 1.94. The number of benzene rings is 2. The van der Waals surface area contributed by atoms with Crippen LogP contribution in [0.4, 0.5) is 5.69 Å². The van der Waals surface area contributed by atoms with Gasteiger partial charge in [0.2, 0.25) is 5.91 Å². The Morgan fingerprint density at radius 1 is 1.08 bits per heavy atom. The monoisotopic (exact) mass is 354 g/mol. The van der Waals surface area contributed by atoms with E-state index in [0.29, 0.717) is 12.3 Å². The minimum atomic E-state index is -0.209. The maximum atomic E-state index is 11.9. The van der Waals surface area contributed by atoms with Gasteiger partial charge in [0, 0.05) is 18.2 Å². The zero-order valence-corrected chi connectivity index (χ0v) is 14.7. The highest BCUT2D eigenvalue weighted by atomic mass is 16.5. The first kappa shape index (κ1) is 17.8. The summed E-state index contributed by atoms with van der Waals surface area (Å²) >= 11 is 0. The predicted octanol–water partition coefficient (Wildman–Crippen LogP) is 2.74. The fourth-order valence-electron chi connectivity index (χ4n) is 2.41. The average Bonchev–Trinajstić information content (AvgIpc) is 3.51. The first-order valence-corrected chi connectivity index (χ1v) is 8.57. The van der Waals surface area contributed by atoms with Gasteiger partial charge in [-0.05, 0) is 54.8 Å². The Morgan fingerprint density at radius 3 is 2.54 bits per heavy atom. The van der Waals surface area contributed by atoms with Crippen LogP contribution in [0.1, 0.15) is 18.4 Å². The Hall–Kier alpha value is -3.02. The Bertz CT molecular complexity index is 770. The molecule has 3 rings (SSSR count). The lowest BCUT2D eigenvalue weighted by Gasteiger charge is -2.09. The van der Waals surface area contributed by atoms with Crippen molar-refractivity contribution in [2.45, 2.75) is 19.4 Å². The van der Waals surface area contributed by atoms with Crippen molar-refractivity contribution in [1.29, 1.82) is 0 Å². The van der Waals surface area contributed by atoms with Gasteiger partial charge >= 0.3 is 0 Å². The van der Waals surface area contributed by atoms with Crippen molar-refractivity contribution >= 4 is 17.5 Å². The van der Waals surface area contributed by atoms with Crippen molar-refractivity contribution in [2.75, 3.05) is 19.0 Å². The summed E-state index contributed by atoms with van der Waals surface area (Å²) in [6.45, 7) is 0.337. The number of carbonyl (C=O) groups excluding carboxylic acids is 2. The second kappa shape index (κ2) is 8.38. The number of ether oxygens (including phenoxy) is 2. The fraction of sp³-hybridized carbons (Fsp3) is 0.300. The number of rotatable bonds is 8. The van der Waals surface area contributed by atoms with Gasteiger partial charge in [0.25, 0.3) is 5.91 Å². The van der Waals surface area contributed by atoms with Crippen LogP contribution in [0, 0.1) is 5.92 Å². The summed E-state index contributed by atoms with van der Waals surface area (Å²) in [4.78, 5) is 23.6. The van der Waals surface area contributed by atoms with Gasteiger partial charge in [-0.15, -0.1) is 0 Å². The summed E-state index contributed by atoms with van der Waals surface area (Å²) in [5, 5.41) is 5.66. The van der Waals surface area contributed by atoms with Crippen LogP contribution in [-0.4, -0.2) is 25.5 Å². The van der Waals surface area contributed by atoms with Gasteiger partial charge in [-0.3, -0.25) is 9.59 Å². The molecular weight excluding hydrogens is 332 g/mol. The van der Waals surface area contributed by atoms with E-state index < -0.39 is 0 Å². The molecule has 1 aliphatic rings. The topological polar surface area (TPSA) is 76.7 Å². The molecule has 0 unspecified atom stereocenters. The van der Waals surface area contributed by atoms with Crippen LogP contribution in [0.3, 0.4) is 0 Å². The summed E-state index contributed by atoms with van der Waals surface area (Å²) in [5.74, 6) is 1.35. The minimum absolute atomic E-state index is 0.0654. The Kier molecular flexibility index (Phi) is 5.73. The average molecular weight is 354 g/mol. The van der Waals surface area contributed by atoms with Gasteiger partial charge < -0.3 is 20.1 Å². The second-order valence-electron chi connectivity index (χ2n) is 6.20. The first-order chi connectivity index (χ1) is 12.6. The molecule has 1 aliphatic carbocycles. The molecule has 0 aliphatic heterocycles. The van der Waals surface area contributed by atoms with Gasteiger partial charge in [0.15, 0.2) is 6.61 Å². The van der Waals surface area contributed by atoms with Gasteiger partial charge in [-0.2, -0.15) is 0 Å². The quantitative estimate of drug-likeness (QED) is 0.764. The third-order valence-electron chi connectivity index (χ3n) is 4.06. The minimum Gasteiger partial charge on any atom is -0.497 e. The highest BCUT2D eigenvalue weighted by Crippen LogP contribution is 2.30. The summed E-state index contributed by atoms with van der Waals surface area (Å²) in [5.41, 5.74) is 1.69. The summed E-state index contributed by atoms with van der Waals surface area (Å²) in [6, 6.07) is 14.5. The smallest absolute Gasteiger partial charge is 0.258 e. The van der Waals surface area contributed by atoms with E-state index in [1.807, 2.05) is 24.3 Å². The maximum absolute atomic E-state index is 11.9. The maximum Gasteiger partial charge on any atom is 0.258 e. The zero-order chi connectivity index (χ0) is 18.4. The molecule has 0 radical (unpaired) electrons. The van der Waals surface area contributed by atoms with Crippen LogP contribution in [0.15, 0.2) is 48.5 Å². The fourth-order valence-corrected chi connectivity index (χ4v) is 2.41. The molecule has 0 aromatic heterocycles. The molecule has 0 spiro atoms. The SMILES string of the molecule is COc1cccc(CNC(=O)COc2ccc(NC(=O)C3CC3)cc2)c1. The van der Waals surface area contributed by atoms with Crippen LogP contribution in [0.2, 0.25) is 0 Å². The van der Waals surface area contributed by atoms with E-state index in [-0.39, 0.29) is 24.3 Å². The number of anilines is 1. The lowest BCUT2D eigenvalue weighted by atomic mass is 10.2. The van der Waals surface area contributed by atoms with Crippen LogP contribution in [0.5, 0.6) is 11.5 Å². The van der Waals surface area contributed by atoms with Gasteiger partial charge in [-0.25, -0.2) is 0 Å². The molecule has 26 heavy (non-hydrogen) atoms. The van der Waals surface area contributed by atoms with Crippen LogP contribution in [0.25, 0.3) is 0 Å². The van der Waals surface area contributed by atoms with E-state index in [9.17, 15) is 9.59 Å². The van der Waals surface area contributed by atoms with E-state index in [4.69, 9.17) is 9.47 Å². The molecule has 1 fully saturated rings. The molecule has 0 atom stereocenters. The van der Waals surface area contributed by atoms with Gasteiger partial charge in [0.1, 0.15) is 11.5 Å². The van der Waals surface area contributed by atoms with E-state index in [2.05, 4.69) is 10.6 Å². The van der Waals surface area contributed by atoms with E-state index in [1.165, 1.54) is 0 Å². The normalized spacial score (nSPS) is 13.0. The predicted molar refractivity (Wildman–Crippen MR) is 98.1 cm³/mol. The third kappa shape index (κ3) is 5.24. The van der Waals surface area contributed by atoms with E-state index in [0.717, 1.165) is 29.8 Å². The molecule has 0 saturated heterocycles. The molecule has 2 amide bonds. The van der Waals surface area contributed by atoms with Crippen molar-refractivity contribution in [2.24, 2.45) is 5.92 Å². The standard InChI is InChI=1S/C20H22N2O4/c1-25-18-4-2-3-14(11-18)12-21-19(23)13-26-17-9-7-16(8-10-17)22-20(24)15-5-6-15/h2-4,7-11,15H,5-6,12-13H2,1H3,(H,21,23)(H,22,24). The van der Waals surface area contributed by atoms with Crippen molar-refractivity contribution in [3.63, 3.8) is 0 Å². The Balaban J connectivity index is 1.41. The summed E-state index contributed by atoms with van der Waals surface area (Å²) in [7, 11) is 1.61. The molecule has 0 bridgehead atoms. The number of hydrogen-bond donors (Lipinski definition) is 2. The molecule has 2 N–H and O–H groups in total. The van der Waals surface area contributed by atoms with Gasteiger partial charge in [0.05, 0.1) is 7.11 Å². The van der Waals surface area contributed by atoms with Gasteiger partial charge in [-0.1, -0.05) is 12.1 Å². The van der Waals surface area contributed by atoms with Crippen molar-refractivity contribution in [3.8, 4) is 11.5 Å². The lowest BCUT2D eigenvalue weighted by molar-refractivity contribution is -0.123. The van der Waals surface area contributed by atoms with Crippen LogP contribution >= 0.6 is 0 Å². The largest absolute Gasteiger partial charge is 0.497 e. The van der Waals surface area contributed by atoms with Crippen molar-refractivity contribution in [3.05, 3.63) is 54.1 Å². The number of carbonyl (C=O) groups is 2. The van der Waals surface area contributed by atoms with Crippen LogP contribution in [-0.2, 0) is 16.1 Å². The number of hydrogen-bond acceptors (Lipinski definition) is 4. The molecule has 0 heterocycles. The molecule has 2 aromatic carbocycles. The molecule has 6 nitrogen and oxygen atoms in total. The number of amides is 2. The zero-order valence-electron chi connectivity index (χ0n) is 14.7. The van der Waals surface area contributed by atoms with Crippen molar-refractivity contribution in [1.82, 2.24) is 5.32 Å². The molecule has 1 saturated carbocycles. The first-order valence-electron chi connectivity index (χ1n) is 8.57. The van der Waals surface area contributed by atoms with Crippen molar-refractivity contribution < 1.29 is 19.1 Å².